The molecule has 0 heterocycles. The summed E-state index contributed by atoms with van der Waals surface area (Å²) in [7, 11) is 0. The quantitative estimate of drug-likeness (QED) is 0.214. The van der Waals surface area contributed by atoms with Crippen LogP contribution in [0.4, 0.5) is 11.4 Å². The van der Waals surface area contributed by atoms with E-state index in [0.29, 0.717) is 45.1 Å². The van der Waals surface area contributed by atoms with Crippen molar-refractivity contribution in [3.63, 3.8) is 0 Å². The van der Waals surface area contributed by atoms with Crippen molar-refractivity contribution in [2.75, 3.05) is 23.8 Å². The average Bonchev–Trinajstić information content (AvgIpc) is 2.85. The molecule has 3 N–H and O–H groups in total. The number of anilines is 2. The van der Waals surface area contributed by atoms with Crippen LogP contribution in [0.2, 0.25) is 10.0 Å². The fourth-order valence-corrected chi connectivity index (χ4v) is 3.23. The first kappa shape index (κ1) is 26.5. The first-order valence-electron chi connectivity index (χ1n) is 10.7. The fourth-order valence-electron chi connectivity index (χ4n) is 2.86. The van der Waals surface area contributed by atoms with Crippen molar-refractivity contribution in [2.24, 2.45) is 5.10 Å². The number of carbonyl (C=O) groups excluding carboxylic acids is 3. The monoisotopic (exact) mass is 528 g/mol. The highest BCUT2D eigenvalue weighted by atomic mass is 35.5. The highest BCUT2D eigenvalue weighted by molar-refractivity contribution is 6.39. The van der Waals surface area contributed by atoms with Gasteiger partial charge in [-0.3, -0.25) is 14.4 Å². The predicted molar refractivity (Wildman–Crippen MR) is 139 cm³/mol. The van der Waals surface area contributed by atoms with Crippen molar-refractivity contribution < 1.29 is 23.9 Å². The zero-order chi connectivity index (χ0) is 25.9. The van der Waals surface area contributed by atoms with Gasteiger partial charge in [0.1, 0.15) is 11.5 Å². The molecular formula is C25H22Cl2N4O5. The molecule has 0 aliphatic carbocycles. The highest BCUT2D eigenvalue weighted by Gasteiger charge is 2.13. The summed E-state index contributed by atoms with van der Waals surface area (Å²) in [6, 6.07) is 17.9. The molecule has 3 aromatic rings. The van der Waals surface area contributed by atoms with Gasteiger partial charge in [-0.25, -0.2) is 5.43 Å². The largest absolute Gasteiger partial charge is 0.494 e. The predicted octanol–water partition coefficient (Wildman–Crippen LogP) is 4.50. The normalized spacial score (nSPS) is 10.5. The molecule has 0 aliphatic heterocycles. The van der Waals surface area contributed by atoms with Gasteiger partial charge in [-0.2, -0.15) is 5.10 Å². The third-order valence-corrected chi connectivity index (χ3v) is 4.91. The maximum Gasteiger partial charge on any atom is 0.329 e. The summed E-state index contributed by atoms with van der Waals surface area (Å²) in [6.45, 7) is 2.15. The summed E-state index contributed by atoms with van der Waals surface area (Å²) in [5.74, 6) is -1.31. The van der Waals surface area contributed by atoms with Gasteiger partial charge >= 0.3 is 11.8 Å². The molecule has 0 saturated carbocycles. The fraction of sp³-hybridized carbons (Fsp3) is 0.120. The van der Waals surface area contributed by atoms with Crippen LogP contribution in [0.3, 0.4) is 0 Å². The summed E-state index contributed by atoms with van der Waals surface area (Å²) in [5.41, 5.74) is 3.45. The maximum atomic E-state index is 12.3. The summed E-state index contributed by atoms with van der Waals surface area (Å²) in [4.78, 5) is 36.3. The van der Waals surface area contributed by atoms with E-state index in [1.54, 1.807) is 54.6 Å². The number of rotatable bonds is 9. The van der Waals surface area contributed by atoms with Crippen LogP contribution >= 0.6 is 23.2 Å². The third kappa shape index (κ3) is 8.30. The van der Waals surface area contributed by atoms with Crippen LogP contribution < -0.4 is 25.5 Å². The molecule has 3 amide bonds. The number of amides is 3. The van der Waals surface area contributed by atoms with E-state index in [-0.39, 0.29) is 12.5 Å². The van der Waals surface area contributed by atoms with Gasteiger partial charge in [0.2, 0.25) is 0 Å². The summed E-state index contributed by atoms with van der Waals surface area (Å²) < 4.78 is 11.0. The number of halogens is 2. The minimum atomic E-state index is -0.995. The minimum Gasteiger partial charge on any atom is -0.494 e. The Kier molecular flexibility index (Phi) is 9.67. The van der Waals surface area contributed by atoms with Gasteiger partial charge in [0.15, 0.2) is 6.61 Å². The molecule has 3 aromatic carbocycles. The topological polar surface area (TPSA) is 118 Å². The summed E-state index contributed by atoms with van der Waals surface area (Å²) in [6.07, 6.45) is 1.25. The van der Waals surface area contributed by atoms with Crippen molar-refractivity contribution in [3.8, 4) is 11.5 Å². The van der Waals surface area contributed by atoms with Crippen LogP contribution in [0, 0.1) is 0 Å². The van der Waals surface area contributed by atoms with Crippen LogP contribution in [0.25, 0.3) is 0 Å². The molecule has 0 fully saturated rings. The lowest BCUT2D eigenvalue weighted by Gasteiger charge is -2.10. The molecule has 3 rings (SSSR count). The van der Waals surface area contributed by atoms with Crippen molar-refractivity contribution in [1.82, 2.24) is 5.43 Å². The molecule has 0 bridgehead atoms. The summed E-state index contributed by atoms with van der Waals surface area (Å²) in [5, 5.41) is 9.70. The van der Waals surface area contributed by atoms with Gasteiger partial charge in [-0.15, -0.1) is 0 Å². The Hall–Kier alpha value is -4.08. The maximum absolute atomic E-state index is 12.3. The molecule has 11 heteroatoms. The number of benzene rings is 3. The SMILES string of the molecule is CCOc1ccc(NC(=O)COc2ccc(Cl)cc2/C=N\NC(=O)C(=O)Nc2cccc(Cl)c2)cc1. The molecule has 36 heavy (non-hydrogen) atoms. The Bertz CT molecular complexity index is 1270. The second-order valence-electron chi connectivity index (χ2n) is 7.14. The molecule has 0 aromatic heterocycles. The first-order chi connectivity index (χ1) is 17.3. The molecule has 9 nitrogen and oxygen atoms in total. The molecule has 0 radical (unpaired) electrons. The molecule has 0 saturated heterocycles. The molecule has 186 valence electrons. The van der Waals surface area contributed by atoms with Crippen molar-refractivity contribution in [2.45, 2.75) is 6.92 Å². The van der Waals surface area contributed by atoms with Crippen LogP contribution in [0.15, 0.2) is 71.8 Å². The third-order valence-electron chi connectivity index (χ3n) is 4.44. The molecular weight excluding hydrogens is 507 g/mol. The van der Waals surface area contributed by atoms with E-state index in [4.69, 9.17) is 32.7 Å². The van der Waals surface area contributed by atoms with Gasteiger partial charge in [-0.1, -0.05) is 29.3 Å². The van der Waals surface area contributed by atoms with Crippen LogP contribution in [-0.4, -0.2) is 37.1 Å². The van der Waals surface area contributed by atoms with Crippen LogP contribution in [0.1, 0.15) is 12.5 Å². The van der Waals surface area contributed by atoms with Crippen molar-refractivity contribution in [3.05, 3.63) is 82.3 Å². The van der Waals surface area contributed by atoms with Crippen LogP contribution in [-0.2, 0) is 14.4 Å². The van der Waals surface area contributed by atoms with Gasteiger partial charge < -0.3 is 20.1 Å². The number of hydrogen-bond donors (Lipinski definition) is 3. The second-order valence-corrected chi connectivity index (χ2v) is 8.01. The van der Waals surface area contributed by atoms with Gasteiger partial charge in [-0.05, 0) is 67.6 Å². The second kappa shape index (κ2) is 13.1. The molecule has 0 spiro atoms. The van der Waals surface area contributed by atoms with Crippen LogP contribution in [0.5, 0.6) is 11.5 Å². The minimum absolute atomic E-state index is 0.288. The zero-order valence-electron chi connectivity index (χ0n) is 19.1. The Labute approximate surface area is 217 Å². The smallest absolute Gasteiger partial charge is 0.329 e. The van der Waals surface area contributed by atoms with E-state index < -0.39 is 11.8 Å². The number of carbonyl (C=O) groups is 3. The van der Waals surface area contributed by atoms with Gasteiger partial charge in [0.25, 0.3) is 5.91 Å². The van der Waals surface area contributed by atoms with Gasteiger partial charge in [0.05, 0.1) is 12.8 Å². The van der Waals surface area contributed by atoms with E-state index >= 15 is 0 Å². The van der Waals surface area contributed by atoms with E-state index in [1.165, 1.54) is 18.3 Å². The lowest BCUT2D eigenvalue weighted by atomic mass is 10.2. The van der Waals surface area contributed by atoms with E-state index in [1.807, 2.05) is 6.92 Å². The Morgan fingerprint density at radius 3 is 2.33 bits per heavy atom. The number of nitrogens with one attached hydrogen (secondary N) is 3. The number of ether oxygens (including phenoxy) is 2. The highest BCUT2D eigenvalue weighted by Crippen LogP contribution is 2.22. The Morgan fingerprint density at radius 1 is 0.861 bits per heavy atom. The molecule has 0 atom stereocenters. The first-order valence-corrected chi connectivity index (χ1v) is 11.4. The van der Waals surface area contributed by atoms with E-state index in [2.05, 4.69) is 21.2 Å². The summed E-state index contributed by atoms with van der Waals surface area (Å²) >= 11 is 11.9. The average molecular weight is 529 g/mol. The number of hydrazone groups is 1. The standard InChI is InChI=1S/C25H22Cl2N4O5/c1-2-35-21-9-7-19(8-10-21)29-23(32)15-36-22-11-6-18(27)12-16(22)14-28-31-25(34)24(33)30-20-5-3-4-17(26)13-20/h3-14H,2,15H2,1H3,(H,29,32)(H,30,33)(H,31,34)/b28-14-. The number of hydrogen-bond acceptors (Lipinski definition) is 6. The van der Waals surface area contributed by atoms with Gasteiger partial charge in [0, 0.05) is 27.0 Å². The van der Waals surface area contributed by atoms with E-state index in [0.717, 1.165) is 0 Å². The van der Waals surface area contributed by atoms with E-state index in [9.17, 15) is 14.4 Å². The zero-order valence-corrected chi connectivity index (χ0v) is 20.6. The Balaban J connectivity index is 1.55. The van der Waals surface area contributed by atoms with Crippen molar-refractivity contribution >= 4 is 58.5 Å². The molecule has 0 aliphatic rings. The lowest BCUT2D eigenvalue weighted by Crippen LogP contribution is -2.32. The number of nitrogens with zero attached hydrogens (tertiary/aromatic N) is 1. The van der Waals surface area contributed by atoms with Crippen molar-refractivity contribution in [1.29, 1.82) is 0 Å². The lowest BCUT2D eigenvalue weighted by molar-refractivity contribution is -0.136. The molecule has 0 unspecified atom stereocenters. The Morgan fingerprint density at radius 2 is 1.61 bits per heavy atom.